The van der Waals surface area contributed by atoms with E-state index < -0.39 is 10.0 Å². The molecule has 3 aromatic rings. The molecule has 0 radical (unpaired) electrons. The van der Waals surface area contributed by atoms with E-state index in [9.17, 15) is 13.2 Å². The smallest absolute Gasteiger partial charge is 0.243 e. The SMILES string of the molecule is CCC(Sc1cc(C)c2cccc(OC)c2n1)C(=O)Nc1ccc(S(=O)(=O)N2CCOCC2)cc1. The third-order valence-corrected chi connectivity index (χ3v) is 9.06. The van der Waals surface area contributed by atoms with Crippen LogP contribution in [-0.2, 0) is 19.6 Å². The van der Waals surface area contributed by atoms with Crippen molar-refractivity contribution in [2.24, 2.45) is 0 Å². The maximum atomic E-state index is 13.0. The fraction of sp³-hybridized carbons (Fsp3) is 0.360. The molecule has 1 unspecified atom stereocenters. The molecule has 1 N–H and O–H groups in total. The van der Waals surface area contributed by atoms with Crippen molar-refractivity contribution in [1.29, 1.82) is 0 Å². The first-order chi connectivity index (χ1) is 16.8. The molecule has 186 valence electrons. The molecule has 0 saturated carbocycles. The predicted octanol–water partition coefficient (Wildman–Crippen LogP) is 4.08. The van der Waals surface area contributed by atoms with Gasteiger partial charge in [-0.15, -0.1) is 0 Å². The molecule has 0 spiro atoms. The normalized spacial score (nSPS) is 15.6. The Kier molecular flexibility index (Phi) is 7.95. The van der Waals surface area contributed by atoms with Gasteiger partial charge < -0.3 is 14.8 Å². The number of anilines is 1. The molecule has 10 heteroatoms. The van der Waals surface area contributed by atoms with E-state index in [2.05, 4.69) is 5.32 Å². The highest BCUT2D eigenvalue weighted by atomic mass is 32.2. The van der Waals surface area contributed by atoms with Crippen molar-refractivity contribution in [3.63, 3.8) is 0 Å². The molecule has 2 heterocycles. The monoisotopic (exact) mass is 515 g/mol. The summed E-state index contributed by atoms with van der Waals surface area (Å²) in [4.78, 5) is 18.0. The topological polar surface area (TPSA) is 97.8 Å². The van der Waals surface area contributed by atoms with Gasteiger partial charge in [0.25, 0.3) is 0 Å². The quantitative estimate of drug-likeness (QED) is 0.452. The van der Waals surface area contributed by atoms with E-state index in [4.69, 9.17) is 14.5 Å². The predicted molar refractivity (Wildman–Crippen MR) is 138 cm³/mol. The van der Waals surface area contributed by atoms with Gasteiger partial charge in [-0.3, -0.25) is 4.79 Å². The van der Waals surface area contributed by atoms with Crippen LogP contribution < -0.4 is 10.1 Å². The summed E-state index contributed by atoms with van der Waals surface area (Å²) in [6.07, 6.45) is 0.602. The second-order valence-corrected chi connectivity index (χ2v) is 11.3. The zero-order valence-corrected chi connectivity index (χ0v) is 21.6. The zero-order chi connectivity index (χ0) is 25.0. The summed E-state index contributed by atoms with van der Waals surface area (Å²) < 4.78 is 37.7. The first-order valence-corrected chi connectivity index (χ1v) is 13.7. The van der Waals surface area contributed by atoms with Crippen LogP contribution in [0.4, 0.5) is 5.69 Å². The van der Waals surface area contributed by atoms with Crippen molar-refractivity contribution in [2.45, 2.75) is 35.4 Å². The highest BCUT2D eigenvalue weighted by molar-refractivity contribution is 8.00. The number of morpholine rings is 1. The Morgan fingerprint density at radius 3 is 2.57 bits per heavy atom. The number of sulfonamides is 1. The van der Waals surface area contributed by atoms with E-state index in [1.807, 2.05) is 38.1 Å². The fourth-order valence-corrected chi connectivity index (χ4v) is 6.34. The fourth-order valence-electron chi connectivity index (χ4n) is 3.92. The summed E-state index contributed by atoms with van der Waals surface area (Å²) >= 11 is 1.40. The number of benzene rings is 2. The molecule has 0 bridgehead atoms. The van der Waals surface area contributed by atoms with Gasteiger partial charge in [-0.2, -0.15) is 4.31 Å². The van der Waals surface area contributed by atoms with Gasteiger partial charge >= 0.3 is 0 Å². The number of amides is 1. The zero-order valence-electron chi connectivity index (χ0n) is 20.0. The van der Waals surface area contributed by atoms with E-state index in [0.717, 1.165) is 21.5 Å². The third-order valence-electron chi connectivity index (χ3n) is 5.86. The van der Waals surface area contributed by atoms with Crippen molar-refractivity contribution in [1.82, 2.24) is 9.29 Å². The van der Waals surface area contributed by atoms with E-state index in [1.54, 1.807) is 19.2 Å². The van der Waals surface area contributed by atoms with Crippen LogP contribution in [0.25, 0.3) is 10.9 Å². The standard InChI is InChI=1S/C25H29N3O5S2/c1-4-22(34-23-16-17(2)20-6-5-7-21(32-3)24(20)27-23)25(29)26-18-8-10-19(11-9-18)35(30,31)28-12-14-33-15-13-28/h5-11,16,22H,4,12-15H2,1-3H3,(H,26,29). The van der Waals surface area contributed by atoms with Gasteiger partial charge in [0.05, 0.1) is 35.5 Å². The lowest BCUT2D eigenvalue weighted by Gasteiger charge is -2.26. The lowest BCUT2D eigenvalue weighted by Crippen LogP contribution is -2.40. The van der Waals surface area contributed by atoms with Gasteiger partial charge in [0.15, 0.2) is 0 Å². The van der Waals surface area contributed by atoms with Crippen LogP contribution in [0.5, 0.6) is 5.75 Å². The minimum Gasteiger partial charge on any atom is -0.494 e. The molecule has 2 aromatic carbocycles. The summed E-state index contributed by atoms with van der Waals surface area (Å²) in [6.45, 7) is 5.42. The summed E-state index contributed by atoms with van der Waals surface area (Å²) in [6, 6.07) is 14.1. The van der Waals surface area contributed by atoms with Gasteiger partial charge in [-0.1, -0.05) is 30.8 Å². The molecule has 1 amide bonds. The van der Waals surface area contributed by atoms with Crippen LogP contribution in [0.3, 0.4) is 0 Å². The number of nitrogens with one attached hydrogen (secondary N) is 1. The first-order valence-electron chi connectivity index (χ1n) is 11.4. The Bertz CT molecular complexity index is 1310. The number of hydrogen-bond donors (Lipinski definition) is 1. The largest absolute Gasteiger partial charge is 0.494 e. The number of fused-ring (bicyclic) bond motifs is 1. The summed E-state index contributed by atoms with van der Waals surface area (Å²) in [5, 5.41) is 4.29. The van der Waals surface area contributed by atoms with Crippen molar-refractivity contribution < 1.29 is 22.7 Å². The van der Waals surface area contributed by atoms with Crippen LogP contribution in [0.1, 0.15) is 18.9 Å². The average molecular weight is 516 g/mol. The number of hydrogen-bond acceptors (Lipinski definition) is 7. The van der Waals surface area contributed by atoms with Crippen molar-refractivity contribution in [3.8, 4) is 5.75 Å². The molecular formula is C25H29N3O5S2. The number of carbonyl (C=O) groups is 1. The molecule has 1 aliphatic rings. The number of methoxy groups -OCH3 is 1. The van der Waals surface area contributed by atoms with Crippen LogP contribution in [0, 0.1) is 6.92 Å². The number of nitrogens with zero attached hydrogens (tertiary/aromatic N) is 2. The minimum atomic E-state index is -3.58. The number of rotatable bonds is 8. The summed E-state index contributed by atoms with van der Waals surface area (Å²) in [5.41, 5.74) is 2.37. The lowest BCUT2D eigenvalue weighted by atomic mass is 10.1. The third kappa shape index (κ3) is 5.61. The Labute approximate surface area is 210 Å². The average Bonchev–Trinajstić information content (AvgIpc) is 2.87. The molecule has 8 nitrogen and oxygen atoms in total. The molecule has 1 saturated heterocycles. The molecule has 35 heavy (non-hydrogen) atoms. The number of ether oxygens (including phenoxy) is 2. The Morgan fingerprint density at radius 1 is 1.20 bits per heavy atom. The van der Waals surface area contributed by atoms with Gasteiger partial charge in [-0.05, 0) is 55.3 Å². The Morgan fingerprint density at radius 2 is 1.91 bits per heavy atom. The number of pyridine rings is 1. The van der Waals surface area contributed by atoms with Crippen LogP contribution >= 0.6 is 11.8 Å². The molecule has 1 aliphatic heterocycles. The van der Waals surface area contributed by atoms with Crippen molar-refractivity contribution in [3.05, 3.63) is 54.1 Å². The van der Waals surface area contributed by atoms with Crippen LogP contribution in [-0.4, -0.2) is 62.3 Å². The highest BCUT2D eigenvalue weighted by Crippen LogP contribution is 2.32. The molecular weight excluding hydrogens is 486 g/mol. The molecule has 1 atom stereocenters. The summed E-state index contributed by atoms with van der Waals surface area (Å²) in [7, 11) is -1.96. The van der Waals surface area contributed by atoms with E-state index in [0.29, 0.717) is 44.2 Å². The number of carbonyl (C=O) groups excluding carboxylic acids is 1. The van der Waals surface area contributed by atoms with Crippen LogP contribution in [0.15, 0.2) is 58.5 Å². The minimum absolute atomic E-state index is 0.166. The molecule has 0 aliphatic carbocycles. The van der Waals surface area contributed by atoms with Gasteiger partial charge in [0, 0.05) is 24.2 Å². The van der Waals surface area contributed by atoms with Crippen molar-refractivity contribution in [2.75, 3.05) is 38.7 Å². The van der Waals surface area contributed by atoms with Gasteiger partial charge in [0.2, 0.25) is 15.9 Å². The molecule has 1 fully saturated rings. The van der Waals surface area contributed by atoms with E-state index in [1.165, 1.54) is 28.2 Å². The Balaban J connectivity index is 1.47. The maximum absolute atomic E-state index is 13.0. The number of thioether (sulfide) groups is 1. The Hall–Kier alpha value is -2.66. The number of para-hydroxylation sites is 1. The lowest BCUT2D eigenvalue weighted by molar-refractivity contribution is -0.115. The maximum Gasteiger partial charge on any atom is 0.243 e. The van der Waals surface area contributed by atoms with E-state index >= 15 is 0 Å². The van der Waals surface area contributed by atoms with Gasteiger partial charge in [0.1, 0.15) is 11.3 Å². The first kappa shape index (κ1) is 25.4. The van der Waals surface area contributed by atoms with E-state index in [-0.39, 0.29) is 16.1 Å². The van der Waals surface area contributed by atoms with Crippen molar-refractivity contribution >= 4 is 44.3 Å². The second kappa shape index (κ2) is 10.9. The van der Waals surface area contributed by atoms with Crippen LogP contribution in [0.2, 0.25) is 0 Å². The summed E-state index contributed by atoms with van der Waals surface area (Å²) in [5.74, 6) is 0.526. The highest BCUT2D eigenvalue weighted by Gasteiger charge is 2.26. The number of aromatic nitrogens is 1. The number of aryl methyl sites for hydroxylation is 1. The molecule has 1 aromatic heterocycles. The second-order valence-electron chi connectivity index (χ2n) is 8.18. The molecule has 4 rings (SSSR count). The van der Waals surface area contributed by atoms with Gasteiger partial charge in [-0.25, -0.2) is 13.4 Å².